The Labute approximate surface area is 122 Å². The van der Waals surface area contributed by atoms with Crippen molar-refractivity contribution < 1.29 is 0 Å². The van der Waals surface area contributed by atoms with Crippen molar-refractivity contribution in [3.63, 3.8) is 0 Å². The number of aromatic nitrogens is 2. The number of hydrogen-bond donors (Lipinski definition) is 1. The predicted molar refractivity (Wildman–Crippen MR) is 82.1 cm³/mol. The van der Waals surface area contributed by atoms with Gasteiger partial charge in [0.1, 0.15) is 11.6 Å². The third kappa shape index (κ3) is 3.32. The Hall–Kier alpha value is -1.42. The normalized spacial score (nSPS) is 10.7. The summed E-state index contributed by atoms with van der Waals surface area (Å²) < 4.78 is 0.836. The maximum absolute atomic E-state index is 5.95. The number of hydrogen-bond acceptors (Lipinski definition) is 3. The Morgan fingerprint density at radius 2 is 1.95 bits per heavy atom. The van der Waals surface area contributed by atoms with E-state index in [2.05, 4.69) is 51.9 Å². The fourth-order valence-corrected chi connectivity index (χ4v) is 2.40. The van der Waals surface area contributed by atoms with E-state index < -0.39 is 0 Å². The first-order chi connectivity index (χ1) is 9.11. The highest BCUT2D eigenvalue weighted by Crippen LogP contribution is 2.23. The van der Waals surface area contributed by atoms with Crippen molar-refractivity contribution >= 4 is 21.7 Å². The summed E-state index contributed by atoms with van der Waals surface area (Å²) >= 11 is 3.47. The van der Waals surface area contributed by atoms with Crippen LogP contribution in [0.1, 0.15) is 36.0 Å². The number of nitrogens with two attached hydrogens (primary N) is 1. The number of nitrogen functional groups attached to an aromatic ring is 1. The van der Waals surface area contributed by atoms with E-state index in [1.54, 1.807) is 0 Å². The highest BCUT2D eigenvalue weighted by molar-refractivity contribution is 9.10. The zero-order valence-corrected chi connectivity index (χ0v) is 12.9. The molecule has 4 heteroatoms. The quantitative estimate of drug-likeness (QED) is 0.935. The average molecular weight is 320 g/mol. The zero-order chi connectivity index (χ0) is 13.8. The molecule has 0 amide bonds. The van der Waals surface area contributed by atoms with E-state index >= 15 is 0 Å². The van der Waals surface area contributed by atoms with Crippen LogP contribution in [0, 0.1) is 6.92 Å². The predicted octanol–water partition coefficient (Wildman–Crippen LogP) is 3.67. The highest BCUT2D eigenvalue weighted by Gasteiger charge is 2.10. The van der Waals surface area contributed by atoms with E-state index in [4.69, 9.17) is 5.73 Å². The Balaban J connectivity index is 2.33. The molecule has 2 N–H and O–H groups in total. The summed E-state index contributed by atoms with van der Waals surface area (Å²) in [6.07, 6.45) is 2.67. The maximum atomic E-state index is 5.95. The molecule has 0 aliphatic rings. The van der Waals surface area contributed by atoms with Gasteiger partial charge in [0.2, 0.25) is 0 Å². The maximum Gasteiger partial charge on any atom is 0.141 e. The Kier molecular flexibility index (Phi) is 4.53. The van der Waals surface area contributed by atoms with Gasteiger partial charge in [-0.1, -0.05) is 37.6 Å². The lowest BCUT2D eigenvalue weighted by molar-refractivity contribution is 0.836. The molecule has 2 rings (SSSR count). The van der Waals surface area contributed by atoms with Crippen LogP contribution in [0.5, 0.6) is 0 Å². The number of aryl methyl sites for hydroxylation is 2. The molecule has 0 spiro atoms. The van der Waals surface area contributed by atoms with Gasteiger partial charge < -0.3 is 5.73 Å². The molecule has 1 aromatic heterocycles. The first-order valence-electron chi connectivity index (χ1n) is 6.47. The van der Waals surface area contributed by atoms with Crippen LogP contribution in [0.4, 0.5) is 5.82 Å². The number of rotatable bonds is 4. The molecule has 1 heterocycles. The summed E-state index contributed by atoms with van der Waals surface area (Å²) in [5.74, 6) is 1.32. The minimum absolute atomic E-state index is 0.530. The van der Waals surface area contributed by atoms with E-state index in [9.17, 15) is 0 Å². The van der Waals surface area contributed by atoms with E-state index in [0.29, 0.717) is 5.82 Å². The average Bonchev–Trinajstić information content (AvgIpc) is 2.38. The molecule has 0 unspecified atom stereocenters. The molecule has 0 fully saturated rings. The minimum atomic E-state index is 0.530. The van der Waals surface area contributed by atoms with E-state index in [0.717, 1.165) is 35.3 Å². The molecule has 3 nitrogen and oxygen atoms in total. The molecule has 0 aliphatic heterocycles. The van der Waals surface area contributed by atoms with Crippen LogP contribution in [0.2, 0.25) is 0 Å². The van der Waals surface area contributed by atoms with Gasteiger partial charge in [0.05, 0.1) is 10.2 Å². The number of nitrogens with zero attached hydrogens (tertiary/aromatic N) is 2. The molecule has 1 aromatic carbocycles. The largest absolute Gasteiger partial charge is 0.383 e. The molecule has 19 heavy (non-hydrogen) atoms. The monoisotopic (exact) mass is 319 g/mol. The lowest BCUT2D eigenvalue weighted by Crippen LogP contribution is -2.06. The van der Waals surface area contributed by atoms with Gasteiger partial charge in [0, 0.05) is 6.42 Å². The van der Waals surface area contributed by atoms with Crippen LogP contribution in [0.25, 0.3) is 0 Å². The van der Waals surface area contributed by atoms with Gasteiger partial charge in [-0.2, -0.15) is 0 Å². The van der Waals surface area contributed by atoms with Crippen LogP contribution >= 0.6 is 15.9 Å². The summed E-state index contributed by atoms with van der Waals surface area (Å²) in [5, 5.41) is 0. The second-order valence-electron chi connectivity index (χ2n) is 4.64. The van der Waals surface area contributed by atoms with Crippen molar-refractivity contribution in [1.82, 2.24) is 9.97 Å². The standard InChI is InChI=1S/C15H18BrN3/c1-3-6-12-14(16)15(17)19-13(18-12)9-11-8-5-4-7-10(11)2/h4-5,7-8H,3,6,9H2,1-2H3,(H2,17,18,19). The second kappa shape index (κ2) is 6.15. The number of benzene rings is 1. The van der Waals surface area contributed by atoms with Crippen molar-refractivity contribution in [2.45, 2.75) is 33.1 Å². The van der Waals surface area contributed by atoms with Crippen molar-refractivity contribution in [1.29, 1.82) is 0 Å². The van der Waals surface area contributed by atoms with E-state index in [1.807, 2.05) is 12.1 Å². The van der Waals surface area contributed by atoms with Crippen molar-refractivity contribution in [2.75, 3.05) is 5.73 Å². The molecular formula is C15H18BrN3. The highest BCUT2D eigenvalue weighted by atomic mass is 79.9. The summed E-state index contributed by atoms with van der Waals surface area (Å²) in [5.41, 5.74) is 9.44. The van der Waals surface area contributed by atoms with Gasteiger partial charge in [0.15, 0.2) is 0 Å². The molecule has 0 bridgehead atoms. The lowest BCUT2D eigenvalue weighted by atomic mass is 10.1. The molecule has 0 atom stereocenters. The fourth-order valence-electron chi connectivity index (χ4n) is 2.03. The summed E-state index contributed by atoms with van der Waals surface area (Å²) in [6, 6.07) is 8.29. The molecule has 0 radical (unpaired) electrons. The molecule has 0 saturated carbocycles. The van der Waals surface area contributed by atoms with Gasteiger partial charge in [-0.05, 0) is 40.4 Å². The third-order valence-electron chi connectivity index (χ3n) is 3.09. The first-order valence-corrected chi connectivity index (χ1v) is 7.26. The summed E-state index contributed by atoms with van der Waals surface area (Å²) in [4.78, 5) is 8.99. The first kappa shape index (κ1) is 14.0. The van der Waals surface area contributed by atoms with E-state index in [-0.39, 0.29) is 0 Å². The smallest absolute Gasteiger partial charge is 0.141 e. The van der Waals surface area contributed by atoms with Crippen molar-refractivity contribution in [3.8, 4) is 0 Å². The molecule has 2 aromatic rings. The van der Waals surface area contributed by atoms with Crippen LogP contribution in [-0.4, -0.2) is 9.97 Å². The van der Waals surface area contributed by atoms with Crippen LogP contribution in [0.15, 0.2) is 28.7 Å². The molecule has 100 valence electrons. The SMILES string of the molecule is CCCc1nc(Cc2ccccc2C)nc(N)c1Br. The van der Waals surface area contributed by atoms with Crippen LogP contribution in [0.3, 0.4) is 0 Å². The van der Waals surface area contributed by atoms with Crippen LogP contribution < -0.4 is 5.73 Å². The molecular weight excluding hydrogens is 302 g/mol. The van der Waals surface area contributed by atoms with Crippen LogP contribution in [-0.2, 0) is 12.8 Å². The minimum Gasteiger partial charge on any atom is -0.383 e. The summed E-state index contributed by atoms with van der Waals surface area (Å²) in [6.45, 7) is 4.23. The van der Waals surface area contributed by atoms with Gasteiger partial charge >= 0.3 is 0 Å². The Bertz CT molecular complexity index is 582. The summed E-state index contributed by atoms with van der Waals surface area (Å²) in [7, 11) is 0. The topological polar surface area (TPSA) is 51.8 Å². The Morgan fingerprint density at radius 1 is 1.21 bits per heavy atom. The van der Waals surface area contributed by atoms with Gasteiger partial charge in [-0.3, -0.25) is 0 Å². The Morgan fingerprint density at radius 3 is 2.63 bits per heavy atom. The fraction of sp³-hybridized carbons (Fsp3) is 0.333. The lowest BCUT2D eigenvalue weighted by Gasteiger charge is -2.09. The van der Waals surface area contributed by atoms with E-state index in [1.165, 1.54) is 11.1 Å². The molecule has 0 saturated heterocycles. The van der Waals surface area contributed by atoms with Gasteiger partial charge in [-0.15, -0.1) is 0 Å². The van der Waals surface area contributed by atoms with Gasteiger partial charge in [-0.25, -0.2) is 9.97 Å². The van der Waals surface area contributed by atoms with Crippen molar-refractivity contribution in [3.05, 3.63) is 51.4 Å². The molecule has 0 aliphatic carbocycles. The third-order valence-corrected chi connectivity index (χ3v) is 3.95. The zero-order valence-electron chi connectivity index (χ0n) is 11.3. The van der Waals surface area contributed by atoms with Crippen molar-refractivity contribution in [2.24, 2.45) is 0 Å². The number of halogens is 1. The van der Waals surface area contributed by atoms with Gasteiger partial charge in [0.25, 0.3) is 0 Å². The number of anilines is 1. The second-order valence-corrected chi connectivity index (χ2v) is 5.43.